The number of pyridine rings is 1. The smallest absolute Gasteiger partial charge is 0.254 e. The van der Waals surface area contributed by atoms with Crippen LogP contribution in [0, 0.1) is 0 Å². The summed E-state index contributed by atoms with van der Waals surface area (Å²) in [5.41, 5.74) is 2.88. The molecule has 4 rings (SSSR count). The second-order valence-electron chi connectivity index (χ2n) is 6.76. The van der Waals surface area contributed by atoms with E-state index in [0.717, 1.165) is 41.8 Å². The maximum atomic E-state index is 13.2. The van der Waals surface area contributed by atoms with Crippen molar-refractivity contribution in [3.8, 4) is 0 Å². The highest BCUT2D eigenvalue weighted by Gasteiger charge is 2.31. The zero-order valence-electron chi connectivity index (χ0n) is 14.8. The molecule has 2 aromatic heterocycles. The van der Waals surface area contributed by atoms with Crippen LogP contribution in [0.5, 0.6) is 0 Å². The van der Waals surface area contributed by atoms with Crippen LogP contribution in [-0.4, -0.2) is 32.3 Å². The third-order valence-electron chi connectivity index (χ3n) is 5.01. The predicted octanol–water partition coefficient (Wildman–Crippen LogP) is 3.18. The quantitative estimate of drug-likeness (QED) is 0.761. The number of hydrogen-bond donors (Lipinski definition) is 2. The molecule has 26 heavy (non-hydrogen) atoms. The van der Waals surface area contributed by atoms with E-state index < -0.39 is 0 Å². The predicted molar refractivity (Wildman–Crippen MR) is 100 cm³/mol. The molecule has 1 saturated heterocycles. The summed E-state index contributed by atoms with van der Waals surface area (Å²) in [6.07, 6.45) is 3.58. The van der Waals surface area contributed by atoms with E-state index in [9.17, 15) is 9.59 Å². The van der Waals surface area contributed by atoms with Gasteiger partial charge in [-0.05, 0) is 43.9 Å². The van der Waals surface area contributed by atoms with Gasteiger partial charge in [0.1, 0.15) is 5.82 Å². The number of aryl methyl sites for hydroxylation is 1. The van der Waals surface area contributed by atoms with Crippen molar-refractivity contribution in [3.05, 3.63) is 63.8 Å². The number of hydrogen-bond acceptors (Lipinski definition) is 3. The molecule has 3 aromatic rings. The lowest BCUT2D eigenvalue weighted by atomic mass is 10.00. The van der Waals surface area contributed by atoms with Gasteiger partial charge in [-0.1, -0.05) is 19.1 Å². The van der Waals surface area contributed by atoms with Gasteiger partial charge in [0, 0.05) is 23.9 Å². The average Bonchev–Trinajstić information content (AvgIpc) is 3.11. The standard InChI is InChI=1S/C20H22N4O2/c1-2-14-11-13(12-18(25)21-14)20(26)24-10-6-5-9-17(24)19-22-15-7-3-4-8-16(15)23-19/h3-4,7-8,11-12,17H,2,5-6,9-10H2,1H3,(H,21,25)(H,22,23). The van der Waals surface area contributed by atoms with Crippen molar-refractivity contribution >= 4 is 16.9 Å². The number of carbonyl (C=O) groups is 1. The minimum Gasteiger partial charge on any atom is -0.340 e. The maximum Gasteiger partial charge on any atom is 0.254 e. The summed E-state index contributed by atoms with van der Waals surface area (Å²) in [6, 6.07) is 11.0. The Kier molecular flexibility index (Phi) is 4.32. The Bertz CT molecular complexity index is 971. The molecule has 0 bridgehead atoms. The number of nitrogens with zero attached hydrogens (tertiary/aromatic N) is 2. The molecular weight excluding hydrogens is 328 g/mol. The van der Waals surface area contributed by atoms with E-state index in [1.54, 1.807) is 6.07 Å². The summed E-state index contributed by atoms with van der Waals surface area (Å²) >= 11 is 0. The second kappa shape index (κ2) is 6.78. The summed E-state index contributed by atoms with van der Waals surface area (Å²) in [5, 5.41) is 0. The summed E-state index contributed by atoms with van der Waals surface area (Å²) in [6.45, 7) is 2.63. The molecule has 134 valence electrons. The molecule has 1 aliphatic rings. The van der Waals surface area contributed by atoms with Crippen molar-refractivity contribution < 1.29 is 4.79 Å². The molecular formula is C20H22N4O2. The van der Waals surface area contributed by atoms with Crippen LogP contribution in [0.2, 0.25) is 0 Å². The lowest BCUT2D eigenvalue weighted by Crippen LogP contribution is -2.39. The van der Waals surface area contributed by atoms with E-state index >= 15 is 0 Å². The first-order valence-corrected chi connectivity index (χ1v) is 9.14. The number of rotatable bonds is 3. The van der Waals surface area contributed by atoms with Crippen molar-refractivity contribution in [2.75, 3.05) is 6.54 Å². The number of benzene rings is 1. The highest BCUT2D eigenvalue weighted by atomic mass is 16.2. The number of aromatic nitrogens is 3. The highest BCUT2D eigenvalue weighted by Crippen LogP contribution is 2.31. The number of aromatic amines is 2. The second-order valence-corrected chi connectivity index (χ2v) is 6.76. The number of para-hydroxylation sites is 2. The molecule has 3 heterocycles. The summed E-state index contributed by atoms with van der Waals surface area (Å²) in [7, 11) is 0. The summed E-state index contributed by atoms with van der Waals surface area (Å²) in [4.78, 5) is 37.7. The van der Waals surface area contributed by atoms with Crippen molar-refractivity contribution in [1.82, 2.24) is 19.9 Å². The lowest BCUT2D eigenvalue weighted by molar-refractivity contribution is 0.0601. The SMILES string of the molecule is CCc1cc(C(=O)N2CCCCC2c2nc3ccccc3[nH]2)cc(=O)[nH]1. The molecule has 1 amide bonds. The summed E-state index contributed by atoms with van der Waals surface area (Å²) < 4.78 is 0. The lowest BCUT2D eigenvalue weighted by Gasteiger charge is -2.34. The van der Waals surface area contributed by atoms with E-state index in [-0.39, 0.29) is 17.5 Å². The first-order chi connectivity index (χ1) is 12.7. The number of imidazole rings is 1. The fourth-order valence-corrected chi connectivity index (χ4v) is 3.67. The van der Waals surface area contributed by atoms with Gasteiger partial charge in [-0.3, -0.25) is 9.59 Å². The third kappa shape index (κ3) is 3.03. The van der Waals surface area contributed by atoms with Gasteiger partial charge in [-0.2, -0.15) is 0 Å². The van der Waals surface area contributed by atoms with Gasteiger partial charge in [0.05, 0.1) is 17.1 Å². The van der Waals surface area contributed by atoms with Crippen LogP contribution in [0.3, 0.4) is 0 Å². The molecule has 1 aliphatic heterocycles. The van der Waals surface area contributed by atoms with Gasteiger partial charge in [0.25, 0.3) is 5.91 Å². The van der Waals surface area contributed by atoms with E-state index in [2.05, 4.69) is 9.97 Å². The molecule has 0 spiro atoms. The molecule has 0 radical (unpaired) electrons. The van der Waals surface area contributed by atoms with Crippen molar-refractivity contribution in [1.29, 1.82) is 0 Å². The molecule has 0 saturated carbocycles. The zero-order valence-corrected chi connectivity index (χ0v) is 14.8. The van der Waals surface area contributed by atoms with Crippen LogP contribution in [0.1, 0.15) is 54.1 Å². The molecule has 0 aliphatic carbocycles. The van der Waals surface area contributed by atoms with Gasteiger partial charge in [0.15, 0.2) is 0 Å². The number of H-pyrrole nitrogens is 2. The minimum atomic E-state index is -0.231. The first kappa shape index (κ1) is 16.6. The summed E-state index contributed by atoms with van der Waals surface area (Å²) in [5.74, 6) is 0.718. The number of amides is 1. The Hall–Kier alpha value is -2.89. The van der Waals surface area contributed by atoms with Crippen LogP contribution >= 0.6 is 0 Å². The molecule has 6 nitrogen and oxygen atoms in total. The van der Waals surface area contributed by atoms with Crippen molar-refractivity contribution in [2.24, 2.45) is 0 Å². The molecule has 1 unspecified atom stereocenters. The van der Waals surface area contributed by atoms with Crippen molar-refractivity contribution in [2.45, 2.75) is 38.6 Å². The normalized spacial score (nSPS) is 17.6. The first-order valence-electron chi connectivity index (χ1n) is 9.14. The number of likely N-dealkylation sites (tertiary alicyclic amines) is 1. The number of fused-ring (bicyclic) bond motifs is 1. The van der Waals surface area contributed by atoms with E-state index in [1.165, 1.54) is 6.07 Å². The number of piperidine rings is 1. The van der Waals surface area contributed by atoms with Gasteiger partial charge in [0.2, 0.25) is 5.56 Å². The van der Waals surface area contributed by atoms with Crippen LogP contribution in [0.4, 0.5) is 0 Å². The Morgan fingerprint density at radius 3 is 2.88 bits per heavy atom. The topological polar surface area (TPSA) is 81.8 Å². The van der Waals surface area contributed by atoms with E-state index in [1.807, 2.05) is 36.1 Å². The Morgan fingerprint density at radius 1 is 1.23 bits per heavy atom. The Balaban J connectivity index is 1.70. The third-order valence-corrected chi connectivity index (χ3v) is 5.01. The van der Waals surface area contributed by atoms with E-state index in [0.29, 0.717) is 18.5 Å². The van der Waals surface area contributed by atoms with Gasteiger partial charge in [-0.25, -0.2) is 4.98 Å². The Labute approximate surface area is 151 Å². The molecule has 1 aromatic carbocycles. The van der Waals surface area contributed by atoms with E-state index in [4.69, 9.17) is 4.98 Å². The van der Waals surface area contributed by atoms with Crippen molar-refractivity contribution in [3.63, 3.8) is 0 Å². The molecule has 1 fully saturated rings. The Morgan fingerprint density at radius 2 is 2.08 bits per heavy atom. The largest absolute Gasteiger partial charge is 0.340 e. The minimum absolute atomic E-state index is 0.0898. The molecule has 1 atom stereocenters. The van der Waals surface area contributed by atoms with Crippen LogP contribution in [-0.2, 0) is 6.42 Å². The van der Waals surface area contributed by atoms with Crippen LogP contribution in [0.25, 0.3) is 11.0 Å². The maximum absolute atomic E-state index is 13.2. The van der Waals surface area contributed by atoms with Gasteiger partial charge in [-0.15, -0.1) is 0 Å². The fourth-order valence-electron chi connectivity index (χ4n) is 3.67. The highest BCUT2D eigenvalue weighted by molar-refractivity contribution is 5.94. The van der Waals surface area contributed by atoms with Gasteiger partial charge >= 0.3 is 0 Å². The number of carbonyl (C=O) groups excluding carboxylic acids is 1. The van der Waals surface area contributed by atoms with Crippen LogP contribution < -0.4 is 5.56 Å². The van der Waals surface area contributed by atoms with Gasteiger partial charge < -0.3 is 14.9 Å². The monoisotopic (exact) mass is 350 g/mol. The fraction of sp³-hybridized carbons (Fsp3) is 0.350. The molecule has 6 heteroatoms. The van der Waals surface area contributed by atoms with Crippen LogP contribution in [0.15, 0.2) is 41.2 Å². The number of nitrogens with one attached hydrogen (secondary N) is 2. The molecule has 2 N–H and O–H groups in total. The average molecular weight is 350 g/mol. The zero-order chi connectivity index (χ0) is 18.1.